The molecule has 2 heterocycles. The van der Waals surface area contributed by atoms with Crippen LogP contribution < -0.4 is 0 Å². The highest BCUT2D eigenvalue weighted by Crippen LogP contribution is 2.37. The fourth-order valence-electron chi connectivity index (χ4n) is 3.12. The van der Waals surface area contributed by atoms with E-state index in [0.29, 0.717) is 0 Å². The maximum Gasteiger partial charge on any atom is 0.179 e. The Labute approximate surface area is 143 Å². The van der Waals surface area contributed by atoms with Gasteiger partial charge in [0, 0.05) is 13.1 Å². The van der Waals surface area contributed by atoms with E-state index in [2.05, 4.69) is 58.7 Å². The van der Waals surface area contributed by atoms with Gasteiger partial charge in [0.1, 0.15) is 0 Å². The lowest BCUT2D eigenvalue weighted by atomic mass is 10.1. The Morgan fingerprint density at radius 3 is 1.42 bits per heavy atom. The molecule has 4 rings (SSSR count). The first kappa shape index (κ1) is 15.8. The van der Waals surface area contributed by atoms with Crippen LogP contribution in [-0.4, -0.2) is 23.2 Å². The van der Waals surface area contributed by atoms with Crippen molar-refractivity contribution in [2.75, 3.05) is 13.1 Å². The highest BCUT2D eigenvalue weighted by molar-refractivity contribution is 5.19. The van der Waals surface area contributed by atoms with Crippen molar-refractivity contribution in [2.24, 2.45) is 0 Å². The molecule has 4 heteroatoms. The van der Waals surface area contributed by atoms with Gasteiger partial charge in [-0.2, -0.15) is 10.1 Å². The average molecular weight is 324 g/mol. The SMILES string of the molecule is c1ccc(C2ON2CCCCCCN2OC2c2ccccc2)cc1. The van der Waals surface area contributed by atoms with Crippen molar-refractivity contribution in [3.63, 3.8) is 0 Å². The molecule has 4 atom stereocenters. The third-order valence-electron chi connectivity index (χ3n) is 4.58. The predicted molar refractivity (Wildman–Crippen MR) is 92.4 cm³/mol. The van der Waals surface area contributed by atoms with E-state index in [9.17, 15) is 0 Å². The van der Waals surface area contributed by atoms with Crippen LogP contribution in [-0.2, 0) is 9.68 Å². The molecule has 0 aliphatic carbocycles. The topological polar surface area (TPSA) is 31.1 Å². The summed E-state index contributed by atoms with van der Waals surface area (Å²) in [5, 5.41) is 4.16. The molecule has 126 valence electrons. The molecule has 24 heavy (non-hydrogen) atoms. The summed E-state index contributed by atoms with van der Waals surface area (Å²) >= 11 is 0. The molecule has 2 saturated heterocycles. The lowest BCUT2D eigenvalue weighted by Gasteiger charge is -2.01. The van der Waals surface area contributed by atoms with E-state index in [4.69, 9.17) is 9.68 Å². The standard InChI is InChI=1S/C20H24N2O2/c1(9-15-21-19(23-21)17-11-5-3-6-12-17)2-10-16-22-20(24-22)18-13-7-4-8-14-18/h3-8,11-14,19-20H,1-2,9-10,15-16H2. The van der Waals surface area contributed by atoms with Crippen LogP contribution in [0, 0.1) is 0 Å². The second-order valence-corrected chi connectivity index (χ2v) is 6.43. The summed E-state index contributed by atoms with van der Waals surface area (Å²) in [6, 6.07) is 20.8. The summed E-state index contributed by atoms with van der Waals surface area (Å²) in [5.41, 5.74) is 2.51. The van der Waals surface area contributed by atoms with Gasteiger partial charge in [-0.3, -0.25) is 9.68 Å². The molecule has 2 fully saturated rings. The van der Waals surface area contributed by atoms with Gasteiger partial charge in [0.2, 0.25) is 0 Å². The van der Waals surface area contributed by atoms with Crippen molar-refractivity contribution in [3.05, 3.63) is 71.8 Å². The summed E-state index contributed by atoms with van der Waals surface area (Å²) in [7, 11) is 0. The zero-order valence-corrected chi connectivity index (χ0v) is 13.9. The minimum Gasteiger partial charge on any atom is -0.270 e. The Bertz CT molecular complexity index is 577. The number of hydrogen-bond acceptors (Lipinski definition) is 4. The van der Waals surface area contributed by atoms with Gasteiger partial charge < -0.3 is 0 Å². The van der Waals surface area contributed by atoms with Crippen molar-refractivity contribution in [3.8, 4) is 0 Å². The van der Waals surface area contributed by atoms with Crippen molar-refractivity contribution >= 4 is 0 Å². The summed E-state index contributed by atoms with van der Waals surface area (Å²) in [4.78, 5) is 11.3. The number of benzene rings is 2. The van der Waals surface area contributed by atoms with E-state index in [0.717, 1.165) is 13.1 Å². The van der Waals surface area contributed by atoms with Crippen molar-refractivity contribution < 1.29 is 9.68 Å². The summed E-state index contributed by atoms with van der Waals surface area (Å²) in [6.45, 7) is 2.04. The summed E-state index contributed by atoms with van der Waals surface area (Å²) in [5.74, 6) is 0. The van der Waals surface area contributed by atoms with Crippen LogP contribution in [0.3, 0.4) is 0 Å². The van der Waals surface area contributed by atoms with Gasteiger partial charge in [0.15, 0.2) is 12.5 Å². The fraction of sp³-hybridized carbons (Fsp3) is 0.400. The normalized spacial score (nSPS) is 27.8. The Hall–Kier alpha value is -1.72. The molecule has 2 aliphatic rings. The summed E-state index contributed by atoms with van der Waals surface area (Å²) in [6.07, 6.45) is 5.22. The lowest BCUT2D eigenvalue weighted by molar-refractivity contribution is 0.189. The molecule has 4 nitrogen and oxygen atoms in total. The smallest absolute Gasteiger partial charge is 0.179 e. The van der Waals surface area contributed by atoms with E-state index in [-0.39, 0.29) is 12.5 Å². The maximum atomic E-state index is 5.63. The quantitative estimate of drug-likeness (QED) is 0.504. The van der Waals surface area contributed by atoms with Crippen LogP contribution in [0.25, 0.3) is 0 Å². The zero-order valence-electron chi connectivity index (χ0n) is 13.9. The number of nitrogens with zero attached hydrogens (tertiary/aromatic N) is 2. The van der Waals surface area contributed by atoms with Gasteiger partial charge >= 0.3 is 0 Å². The molecule has 0 saturated carbocycles. The molecule has 0 amide bonds. The minimum atomic E-state index is 0.184. The van der Waals surface area contributed by atoms with Crippen LogP contribution >= 0.6 is 0 Å². The van der Waals surface area contributed by atoms with E-state index >= 15 is 0 Å². The Morgan fingerprint density at radius 1 is 0.583 bits per heavy atom. The molecule has 0 spiro atoms. The molecule has 0 bridgehead atoms. The van der Waals surface area contributed by atoms with Crippen LogP contribution in [0.1, 0.15) is 49.3 Å². The van der Waals surface area contributed by atoms with Crippen LogP contribution in [0.15, 0.2) is 60.7 Å². The van der Waals surface area contributed by atoms with Crippen LogP contribution in [0.5, 0.6) is 0 Å². The summed E-state index contributed by atoms with van der Waals surface area (Å²) < 4.78 is 0. The fourth-order valence-corrected chi connectivity index (χ4v) is 3.12. The van der Waals surface area contributed by atoms with Gasteiger partial charge in [-0.15, -0.1) is 0 Å². The molecular formula is C20H24N2O2. The number of hydroxylamine groups is 4. The lowest BCUT2D eigenvalue weighted by Crippen LogP contribution is -2.03. The van der Waals surface area contributed by atoms with Gasteiger partial charge in [0.25, 0.3) is 0 Å². The third-order valence-corrected chi connectivity index (χ3v) is 4.58. The highest BCUT2D eigenvalue weighted by atomic mass is 16.8. The highest BCUT2D eigenvalue weighted by Gasteiger charge is 2.37. The zero-order chi connectivity index (χ0) is 16.2. The van der Waals surface area contributed by atoms with Gasteiger partial charge in [-0.1, -0.05) is 73.5 Å². The predicted octanol–water partition coefficient (Wildman–Crippen LogP) is 4.44. The molecule has 0 aromatic heterocycles. The first-order chi connectivity index (χ1) is 11.9. The minimum absolute atomic E-state index is 0.184. The van der Waals surface area contributed by atoms with E-state index in [1.54, 1.807) is 0 Å². The largest absolute Gasteiger partial charge is 0.270 e. The monoisotopic (exact) mass is 324 g/mol. The Morgan fingerprint density at radius 2 is 1.00 bits per heavy atom. The average Bonchev–Trinajstić information content (AvgIpc) is 3.55. The number of rotatable bonds is 9. The molecular weight excluding hydrogens is 300 g/mol. The number of unbranched alkanes of at least 4 members (excludes halogenated alkanes) is 3. The van der Waals surface area contributed by atoms with E-state index in [1.807, 2.05) is 12.1 Å². The second kappa shape index (κ2) is 7.45. The van der Waals surface area contributed by atoms with Gasteiger partial charge in [-0.25, -0.2) is 0 Å². The molecule has 2 aromatic carbocycles. The van der Waals surface area contributed by atoms with Crippen LogP contribution in [0.2, 0.25) is 0 Å². The molecule has 2 aromatic rings. The van der Waals surface area contributed by atoms with Gasteiger partial charge in [0.05, 0.1) is 0 Å². The first-order valence-corrected chi connectivity index (χ1v) is 8.88. The second-order valence-electron chi connectivity index (χ2n) is 6.43. The Kier molecular flexibility index (Phi) is 4.90. The van der Waals surface area contributed by atoms with Crippen molar-refractivity contribution in [2.45, 2.75) is 38.1 Å². The first-order valence-electron chi connectivity index (χ1n) is 8.88. The molecule has 0 N–H and O–H groups in total. The number of hydrogen-bond donors (Lipinski definition) is 0. The van der Waals surface area contributed by atoms with Crippen molar-refractivity contribution in [1.82, 2.24) is 10.1 Å². The Balaban J connectivity index is 1.05. The van der Waals surface area contributed by atoms with Crippen LogP contribution in [0.4, 0.5) is 0 Å². The van der Waals surface area contributed by atoms with E-state index in [1.165, 1.54) is 36.8 Å². The molecule has 0 radical (unpaired) electrons. The maximum absolute atomic E-state index is 5.63. The molecule has 2 aliphatic heterocycles. The van der Waals surface area contributed by atoms with Gasteiger partial charge in [-0.05, 0) is 24.0 Å². The third kappa shape index (κ3) is 4.02. The van der Waals surface area contributed by atoms with E-state index < -0.39 is 0 Å². The molecule has 4 unspecified atom stereocenters. The van der Waals surface area contributed by atoms with Crippen molar-refractivity contribution in [1.29, 1.82) is 0 Å².